The van der Waals surface area contributed by atoms with Crippen molar-refractivity contribution in [3.8, 4) is 0 Å². The lowest BCUT2D eigenvalue weighted by Gasteiger charge is -2.07. The summed E-state index contributed by atoms with van der Waals surface area (Å²) in [5, 5.41) is 0. The zero-order valence-electron chi connectivity index (χ0n) is 9.18. The summed E-state index contributed by atoms with van der Waals surface area (Å²) in [7, 11) is -3.31. The second kappa shape index (κ2) is 4.26. The van der Waals surface area contributed by atoms with E-state index in [0.717, 1.165) is 18.4 Å². The van der Waals surface area contributed by atoms with Crippen molar-refractivity contribution >= 4 is 9.84 Å². The Morgan fingerprint density at radius 1 is 1.19 bits per heavy atom. The van der Waals surface area contributed by atoms with Crippen LogP contribution in [0.25, 0.3) is 0 Å². The van der Waals surface area contributed by atoms with Crippen molar-refractivity contribution in [2.45, 2.75) is 24.7 Å². The number of sulfone groups is 1. The van der Waals surface area contributed by atoms with Crippen molar-refractivity contribution in [1.29, 1.82) is 0 Å². The number of hydrogen-bond donors (Lipinski definition) is 0. The molecule has 1 aromatic carbocycles. The van der Waals surface area contributed by atoms with E-state index >= 15 is 0 Å². The standard InChI is InChI=1S/C13H14O2S/c1-2-11-7-6-10-13(11)16(14,15)12-8-4-3-5-9-12/h2-5,8-10H,6-7H2,1H3/b11-2+. The number of hydrogen-bond acceptors (Lipinski definition) is 2. The normalized spacial score (nSPS) is 18.8. The Kier molecular flexibility index (Phi) is 2.97. The fourth-order valence-corrected chi connectivity index (χ4v) is 3.58. The maximum atomic E-state index is 12.3. The number of benzene rings is 1. The maximum Gasteiger partial charge on any atom is 0.206 e. The average Bonchev–Trinajstić information content (AvgIpc) is 2.79. The molecule has 0 aromatic heterocycles. The van der Waals surface area contributed by atoms with Gasteiger partial charge in [0.2, 0.25) is 9.84 Å². The van der Waals surface area contributed by atoms with Gasteiger partial charge in [0.25, 0.3) is 0 Å². The second-order valence-corrected chi connectivity index (χ2v) is 5.66. The smallest absolute Gasteiger partial charge is 0.206 e. The quantitative estimate of drug-likeness (QED) is 0.788. The molecule has 2 rings (SSSR count). The summed E-state index contributed by atoms with van der Waals surface area (Å²) >= 11 is 0. The van der Waals surface area contributed by atoms with Gasteiger partial charge in [-0.3, -0.25) is 0 Å². The molecule has 0 aliphatic heterocycles. The van der Waals surface area contributed by atoms with Crippen LogP contribution in [-0.4, -0.2) is 8.42 Å². The van der Waals surface area contributed by atoms with Gasteiger partial charge in [-0.25, -0.2) is 8.42 Å². The molecule has 84 valence electrons. The van der Waals surface area contributed by atoms with E-state index in [1.807, 2.05) is 25.1 Å². The molecule has 16 heavy (non-hydrogen) atoms. The van der Waals surface area contributed by atoms with Crippen LogP contribution in [0, 0.1) is 0 Å². The Bertz CT molecular complexity index is 537. The molecule has 1 aromatic rings. The van der Waals surface area contributed by atoms with Gasteiger partial charge < -0.3 is 0 Å². The van der Waals surface area contributed by atoms with Gasteiger partial charge >= 0.3 is 0 Å². The molecule has 0 amide bonds. The summed E-state index contributed by atoms with van der Waals surface area (Å²) in [5.74, 6) is 0. The number of rotatable bonds is 2. The van der Waals surface area contributed by atoms with Gasteiger partial charge in [0.15, 0.2) is 0 Å². The van der Waals surface area contributed by atoms with E-state index in [9.17, 15) is 8.42 Å². The fourth-order valence-electron chi connectivity index (χ4n) is 1.91. The zero-order valence-corrected chi connectivity index (χ0v) is 10.00. The highest BCUT2D eigenvalue weighted by Gasteiger charge is 2.25. The van der Waals surface area contributed by atoms with Crippen molar-refractivity contribution in [2.24, 2.45) is 0 Å². The van der Waals surface area contributed by atoms with E-state index in [1.54, 1.807) is 24.3 Å². The van der Waals surface area contributed by atoms with Crippen molar-refractivity contribution in [2.75, 3.05) is 0 Å². The van der Waals surface area contributed by atoms with Crippen LogP contribution in [0.3, 0.4) is 0 Å². The Hall–Kier alpha value is -1.35. The summed E-state index contributed by atoms with van der Waals surface area (Å²) in [6, 6.07) is 8.59. The molecule has 0 radical (unpaired) electrons. The van der Waals surface area contributed by atoms with Crippen LogP contribution in [0.1, 0.15) is 19.8 Å². The molecule has 0 N–H and O–H groups in total. The van der Waals surface area contributed by atoms with Crippen LogP contribution in [0.4, 0.5) is 0 Å². The van der Waals surface area contributed by atoms with E-state index in [1.165, 1.54) is 0 Å². The summed E-state index contributed by atoms with van der Waals surface area (Å²) < 4.78 is 24.6. The largest absolute Gasteiger partial charge is 0.219 e. The number of allylic oxidation sites excluding steroid dienone is 3. The molecule has 0 saturated heterocycles. The minimum absolute atomic E-state index is 0.377. The summed E-state index contributed by atoms with van der Waals surface area (Å²) in [6.07, 6.45) is 5.36. The van der Waals surface area contributed by atoms with Crippen LogP contribution in [0.15, 0.2) is 57.9 Å². The first-order valence-corrected chi connectivity index (χ1v) is 6.80. The van der Waals surface area contributed by atoms with Crippen LogP contribution in [0.2, 0.25) is 0 Å². The molecule has 0 atom stereocenters. The van der Waals surface area contributed by atoms with E-state index in [4.69, 9.17) is 0 Å². The van der Waals surface area contributed by atoms with Gasteiger partial charge in [0.1, 0.15) is 0 Å². The molecule has 1 aliphatic rings. The lowest BCUT2D eigenvalue weighted by atomic mass is 10.2. The van der Waals surface area contributed by atoms with Crippen LogP contribution < -0.4 is 0 Å². The van der Waals surface area contributed by atoms with E-state index in [0.29, 0.717) is 9.80 Å². The van der Waals surface area contributed by atoms with Gasteiger partial charge in [-0.15, -0.1) is 0 Å². The highest BCUT2D eigenvalue weighted by Crippen LogP contribution is 2.32. The molecule has 1 aliphatic carbocycles. The molecular formula is C13H14O2S. The van der Waals surface area contributed by atoms with E-state index < -0.39 is 9.84 Å². The van der Waals surface area contributed by atoms with E-state index in [-0.39, 0.29) is 0 Å². The topological polar surface area (TPSA) is 34.1 Å². The van der Waals surface area contributed by atoms with Crippen molar-refractivity contribution in [3.05, 3.63) is 53.0 Å². The second-order valence-electron chi connectivity index (χ2n) is 3.74. The zero-order chi connectivity index (χ0) is 11.6. The van der Waals surface area contributed by atoms with Gasteiger partial charge in [0, 0.05) is 0 Å². The fraction of sp³-hybridized carbons (Fsp3) is 0.231. The Labute approximate surface area is 96.2 Å². The summed E-state index contributed by atoms with van der Waals surface area (Å²) in [5.41, 5.74) is 0.934. The van der Waals surface area contributed by atoms with Crippen LogP contribution in [0.5, 0.6) is 0 Å². The minimum Gasteiger partial charge on any atom is -0.219 e. The molecule has 3 heteroatoms. The molecule has 0 spiro atoms. The third-order valence-electron chi connectivity index (χ3n) is 2.75. The van der Waals surface area contributed by atoms with Crippen molar-refractivity contribution in [1.82, 2.24) is 0 Å². The SMILES string of the molecule is C/C=C1\CCC=C1S(=O)(=O)c1ccccc1. The predicted octanol–water partition coefficient (Wildman–Crippen LogP) is 3.08. The monoisotopic (exact) mass is 234 g/mol. The van der Waals surface area contributed by atoms with Gasteiger partial charge in [-0.05, 0) is 37.5 Å². The first kappa shape index (κ1) is 11.1. The molecule has 0 heterocycles. The summed E-state index contributed by atoms with van der Waals surface area (Å²) in [4.78, 5) is 0.865. The van der Waals surface area contributed by atoms with Gasteiger partial charge in [-0.1, -0.05) is 30.4 Å². The molecule has 0 bridgehead atoms. The Morgan fingerprint density at radius 2 is 1.88 bits per heavy atom. The Morgan fingerprint density at radius 3 is 2.50 bits per heavy atom. The first-order valence-electron chi connectivity index (χ1n) is 5.32. The third kappa shape index (κ3) is 1.83. The van der Waals surface area contributed by atoms with Crippen LogP contribution >= 0.6 is 0 Å². The maximum absolute atomic E-state index is 12.3. The lowest BCUT2D eigenvalue weighted by Crippen LogP contribution is -2.04. The molecule has 0 unspecified atom stereocenters. The highest BCUT2D eigenvalue weighted by atomic mass is 32.2. The third-order valence-corrected chi connectivity index (χ3v) is 4.65. The lowest BCUT2D eigenvalue weighted by molar-refractivity contribution is 0.602. The molecule has 0 saturated carbocycles. The molecular weight excluding hydrogens is 220 g/mol. The van der Waals surface area contributed by atoms with Gasteiger partial charge in [-0.2, -0.15) is 0 Å². The van der Waals surface area contributed by atoms with Crippen LogP contribution in [-0.2, 0) is 9.84 Å². The first-order chi connectivity index (χ1) is 7.66. The Balaban J connectivity index is 2.49. The van der Waals surface area contributed by atoms with E-state index in [2.05, 4.69) is 0 Å². The highest BCUT2D eigenvalue weighted by molar-refractivity contribution is 7.95. The molecule has 2 nitrogen and oxygen atoms in total. The van der Waals surface area contributed by atoms with Crippen molar-refractivity contribution < 1.29 is 8.42 Å². The minimum atomic E-state index is -3.31. The van der Waals surface area contributed by atoms with Crippen molar-refractivity contribution in [3.63, 3.8) is 0 Å². The predicted molar refractivity (Wildman–Crippen MR) is 64.7 cm³/mol. The van der Waals surface area contributed by atoms with Gasteiger partial charge in [0.05, 0.1) is 9.80 Å². The average molecular weight is 234 g/mol. The summed E-state index contributed by atoms with van der Waals surface area (Å²) in [6.45, 7) is 1.88. The molecule has 0 fully saturated rings.